The van der Waals surface area contributed by atoms with Crippen LogP contribution in [0.1, 0.15) is 39.0 Å². The largest absolute Gasteiger partial charge is 0.384 e. The van der Waals surface area contributed by atoms with E-state index in [-0.39, 0.29) is 23.9 Å². The average Bonchev–Trinajstić information content (AvgIpc) is 2.96. The smallest absolute Gasteiger partial charge is 0.247 e. The Morgan fingerprint density at radius 1 is 1.37 bits per heavy atom. The highest BCUT2D eigenvalue weighted by molar-refractivity contribution is 6.05. The lowest BCUT2D eigenvalue weighted by atomic mass is 10.1. The average molecular weight is 268 g/mol. The van der Waals surface area contributed by atoms with Crippen molar-refractivity contribution in [2.45, 2.75) is 51.1 Å². The summed E-state index contributed by atoms with van der Waals surface area (Å²) in [6.45, 7) is 3.43. The topological polar surface area (TPSA) is 58.6 Å². The van der Waals surface area contributed by atoms with Crippen molar-refractivity contribution in [3.8, 4) is 0 Å². The molecule has 2 aliphatic rings. The van der Waals surface area contributed by atoms with Gasteiger partial charge in [0, 0.05) is 26.3 Å². The van der Waals surface area contributed by atoms with Crippen LogP contribution >= 0.6 is 0 Å². The molecular weight excluding hydrogens is 244 g/mol. The van der Waals surface area contributed by atoms with Crippen LogP contribution in [0.3, 0.4) is 0 Å². The highest BCUT2D eigenvalue weighted by Crippen LogP contribution is 2.28. The molecule has 2 atom stereocenters. The molecule has 0 bridgehead atoms. The number of nitrogens with zero attached hydrogens (tertiary/aromatic N) is 1. The van der Waals surface area contributed by atoms with Crippen LogP contribution in [0.5, 0.6) is 0 Å². The number of likely N-dealkylation sites (tertiary alicyclic amines) is 1. The van der Waals surface area contributed by atoms with E-state index in [4.69, 9.17) is 4.74 Å². The summed E-state index contributed by atoms with van der Waals surface area (Å²) in [5, 5.41) is 3.21. The predicted molar refractivity (Wildman–Crippen MR) is 71.6 cm³/mol. The second-order valence-electron chi connectivity index (χ2n) is 5.77. The Morgan fingerprint density at radius 2 is 2.05 bits per heavy atom. The van der Waals surface area contributed by atoms with Crippen molar-refractivity contribution in [3.05, 3.63) is 0 Å². The van der Waals surface area contributed by atoms with Crippen LogP contribution < -0.4 is 5.32 Å². The number of imide groups is 1. The van der Waals surface area contributed by atoms with E-state index in [0.717, 1.165) is 25.7 Å². The van der Waals surface area contributed by atoms with Crippen molar-refractivity contribution in [2.24, 2.45) is 5.92 Å². The standard InChI is InChI=1S/C14H24N2O3/c1-10(9-19-2)8-15-12-7-13(17)16(14(12)18)11-5-3-4-6-11/h10-12,15H,3-9H2,1-2H3. The monoisotopic (exact) mass is 268 g/mol. The molecule has 0 spiro atoms. The lowest BCUT2D eigenvalue weighted by molar-refractivity contribution is -0.141. The van der Waals surface area contributed by atoms with Gasteiger partial charge < -0.3 is 10.1 Å². The Bertz CT molecular complexity index is 340. The van der Waals surface area contributed by atoms with Gasteiger partial charge in [0.05, 0.1) is 12.5 Å². The van der Waals surface area contributed by atoms with E-state index in [1.54, 1.807) is 7.11 Å². The lowest BCUT2D eigenvalue weighted by Crippen LogP contribution is -2.44. The van der Waals surface area contributed by atoms with Crippen LogP contribution in [0.25, 0.3) is 0 Å². The normalized spacial score (nSPS) is 26.4. The number of carbonyl (C=O) groups is 2. The van der Waals surface area contributed by atoms with Crippen LogP contribution in [0.15, 0.2) is 0 Å². The van der Waals surface area contributed by atoms with Gasteiger partial charge in [0.1, 0.15) is 0 Å². The summed E-state index contributed by atoms with van der Waals surface area (Å²) in [6.07, 6.45) is 4.53. The van der Waals surface area contributed by atoms with Gasteiger partial charge in [-0.2, -0.15) is 0 Å². The third-order valence-corrected chi connectivity index (χ3v) is 4.04. The van der Waals surface area contributed by atoms with E-state index in [1.807, 2.05) is 0 Å². The summed E-state index contributed by atoms with van der Waals surface area (Å²) in [5.74, 6) is 0.309. The van der Waals surface area contributed by atoms with Crippen LogP contribution in [0.2, 0.25) is 0 Å². The zero-order valence-electron chi connectivity index (χ0n) is 11.9. The van der Waals surface area contributed by atoms with Gasteiger partial charge >= 0.3 is 0 Å². The maximum Gasteiger partial charge on any atom is 0.247 e. The molecule has 1 saturated carbocycles. The first-order chi connectivity index (χ1) is 9.13. The highest BCUT2D eigenvalue weighted by atomic mass is 16.5. The molecule has 1 heterocycles. The second kappa shape index (κ2) is 6.48. The van der Waals surface area contributed by atoms with Gasteiger partial charge in [0.2, 0.25) is 11.8 Å². The molecule has 108 valence electrons. The molecular formula is C14H24N2O3. The van der Waals surface area contributed by atoms with Gasteiger partial charge in [-0.3, -0.25) is 14.5 Å². The number of carbonyl (C=O) groups excluding carboxylic acids is 2. The number of ether oxygens (including phenoxy) is 1. The number of methoxy groups -OCH3 is 1. The van der Waals surface area contributed by atoms with E-state index in [0.29, 0.717) is 25.5 Å². The molecule has 19 heavy (non-hydrogen) atoms. The molecule has 1 N–H and O–H groups in total. The summed E-state index contributed by atoms with van der Waals surface area (Å²) in [4.78, 5) is 25.8. The third-order valence-electron chi connectivity index (χ3n) is 4.04. The van der Waals surface area contributed by atoms with Crippen molar-refractivity contribution in [1.29, 1.82) is 0 Å². The van der Waals surface area contributed by atoms with Crippen LogP contribution in [0.4, 0.5) is 0 Å². The van der Waals surface area contributed by atoms with Crippen molar-refractivity contribution < 1.29 is 14.3 Å². The van der Waals surface area contributed by atoms with Gasteiger partial charge in [0.15, 0.2) is 0 Å². The molecule has 0 radical (unpaired) electrons. The van der Waals surface area contributed by atoms with E-state index in [9.17, 15) is 9.59 Å². The zero-order valence-corrected chi connectivity index (χ0v) is 11.9. The highest BCUT2D eigenvalue weighted by Gasteiger charge is 2.42. The summed E-state index contributed by atoms with van der Waals surface area (Å²) in [5.41, 5.74) is 0. The molecule has 2 rings (SSSR count). The second-order valence-corrected chi connectivity index (χ2v) is 5.77. The summed E-state index contributed by atoms with van der Waals surface area (Å²) in [7, 11) is 1.67. The first-order valence-electron chi connectivity index (χ1n) is 7.21. The van der Waals surface area contributed by atoms with E-state index < -0.39 is 0 Å². The minimum absolute atomic E-state index is 0.00575. The predicted octanol–water partition coefficient (Wildman–Crippen LogP) is 0.929. The Balaban J connectivity index is 1.86. The molecule has 1 aliphatic heterocycles. The van der Waals surface area contributed by atoms with Crippen LogP contribution in [0, 0.1) is 5.92 Å². The Morgan fingerprint density at radius 3 is 2.68 bits per heavy atom. The molecule has 0 aromatic heterocycles. The van der Waals surface area contributed by atoms with Gasteiger partial charge in [-0.1, -0.05) is 19.8 Å². The maximum absolute atomic E-state index is 12.3. The van der Waals surface area contributed by atoms with Gasteiger partial charge in [-0.05, 0) is 18.8 Å². The molecule has 1 saturated heterocycles. The van der Waals surface area contributed by atoms with Gasteiger partial charge in [-0.25, -0.2) is 0 Å². The number of amides is 2. The first kappa shape index (κ1) is 14.5. The lowest BCUT2D eigenvalue weighted by Gasteiger charge is -2.22. The fourth-order valence-corrected chi connectivity index (χ4v) is 3.04. The molecule has 2 amide bonds. The van der Waals surface area contributed by atoms with Gasteiger partial charge in [0.25, 0.3) is 0 Å². The van der Waals surface area contributed by atoms with Crippen molar-refractivity contribution >= 4 is 11.8 Å². The molecule has 5 heteroatoms. The summed E-state index contributed by atoms with van der Waals surface area (Å²) < 4.78 is 5.07. The molecule has 2 fully saturated rings. The Hall–Kier alpha value is -0.940. The number of hydrogen-bond donors (Lipinski definition) is 1. The van der Waals surface area contributed by atoms with Crippen LogP contribution in [-0.4, -0.2) is 49.1 Å². The number of nitrogens with one attached hydrogen (secondary N) is 1. The third kappa shape index (κ3) is 3.34. The van der Waals surface area contributed by atoms with E-state index >= 15 is 0 Å². The number of hydrogen-bond acceptors (Lipinski definition) is 4. The molecule has 5 nitrogen and oxygen atoms in total. The van der Waals surface area contributed by atoms with Crippen molar-refractivity contribution in [1.82, 2.24) is 10.2 Å². The summed E-state index contributed by atoms with van der Waals surface area (Å²) in [6, 6.07) is -0.171. The molecule has 2 unspecified atom stereocenters. The molecule has 0 aromatic carbocycles. The fraction of sp³-hybridized carbons (Fsp3) is 0.857. The maximum atomic E-state index is 12.3. The zero-order chi connectivity index (χ0) is 13.8. The van der Waals surface area contributed by atoms with E-state index in [2.05, 4.69) is 12.2 Å². The molecule has 0 aromatic rings. The Labute approximate surface area is 114 Å². The minimum Gasteiger partial charge on any atom is -0.384 e. The SMILES string of the molecule is COCC(C)CNC1CC(=O)N(C2CCCC2)C1=O. The van der Waals surface area contributed by atoms with E-state index in [1.165, 1.54) is 4.90 Å². The summed E-state index contributed by atoms with van der Waals surface area (Å²) >= 11 is 0. The number of rotatable bonds is 6. The molecule has 1 aliphatic carbocycles. The van der Waals surface area contributed by atoms with Gasteiger partial charge in [-0.15, -0.1) is 0 Å². The quantitative estimate of drug-likeness (QED) is 0.728. The van der Waals surface area contributed by atoms with Crippen molar-refractivity contribution in [3.63, 3.8) is 0 Å². The first-order valence-corrected chi connectivity index (χ1v) is 7.21. The van der Waals surface area contributed by atoms with Crippen LogP contribution in [-0.2, 0) is 14.3 Å². The Kier molecular flexibility index (Phi) is 4.93. The van der Waals surface area contributed by atoms with Crippen molar-refractivity contribution in [2.75, 3.05) is 20.3 Å². The minimum atomic E-state index is -0.326. The fourth-order valence-electron chi connectivity index (χ4n) is 3.04.